The number of benzene rings is 1. The molecule has 1 heterocycles. The molecule has 0 unspecified atom stereocenters. The molecule has 94 valence electrons. The topological polar surface area (TPSA) is 90.4 Å². The summed E-state index contributed by atoms with van der Waals surface area (Å²) in [7, 11) is 1.70. The maximum atomic E-state index is 13.5. The average Bonchev–Trinajstić information content (AvgIpc) is 2.68. The first kappa shape index (κ1) is 11.9. The molecule has 0 bridgehead atoms. The molecule has 0 saturated carbocycles. The van der Waals surface area contributed by atoms with Crippen LogP contribution in [0.2, 0.25) is 0 Å². The Labute approximate surface area is 101 Å². The highest BCUT2D eigenvalue weighted by molar-refractivity contribution is 5.89. The van der Waals surface area contributed by atoms with Gasteiger partial charge in [0, 0.05) is 13.1 Å². The zero-order chi connectivity index (χ0) is 13.3. The number of hydrogen-bond acceptors (Lipinski definition) is 4. The third kappa shape index (κ3) is 2.24. The van der Waals surface area contributed by atoms with Crippen LogP contribution in [-0.4, -0.2) is 20.9 Å². The van der Waals surface area contributed by atoms with E-state index in [0.717, 1.165) is 12.1 Å². The predicted molar refractivity (Wildman–Crippen MR) is 61.1 cm³/mol. The van der Waals surface area contributed by atoms with Crippen LogP contribution in [0.4, 0.5) is 10.1 Å². The van der Waals surface area contributed by atoms with Crippen molar-refractivity contribution < 1.29 is 19.0 Å². The number of carboxylic acid groups (broad SMARTS) is 1. The Kier molecular flexibility index (Phi) is 2.88. The van der Waals surface area contributed by atoms with Gasteiger partial charge in [-0.2, -0.15) is 5.10 Å². The molecule has 1 aromatic heterocycles. The number of carboxylic acids is 1. The number of halogens is 1. The standard InChI is InChI=1S/C11H10FN3O3/c1-15-5-6(4-14-15)18-10-3-8(12)7(11(16)17)2-9(10)13/h2-5H,13H2,1H3,(H,16,17). The Balaban J connectivity index is 2.35. The molecule has 18 heavy (non-hydrogen) atoms. The number of aryl methyl sites for hydroxylation is 1. The van der Waals surface area contributed by atoms with Crippen LogP contribution >= 0.6 is 0 Å². The lowest BCUT2D eigenvalue weighted by Crippen LogP contribution is -2.03. The van der Waals surface area contributed by atoms with E-state index in [1.165, 1.54) is 10.9 Å². The molecule has 2 rings (SSSR count). The fraction of sp³-hybridized carbons (Fsp3) is 0.0909. The van der Waals surface area contributed by atoms with Gasteiger partial charge in [0.15, 0.2) is 11.5 Å². The lowest BCUT2D eigenvalue weighted by Gasteiger charge is -2.08. The van der Waals surface area contributed by atoms with Crippen molar-refractivity contribution in [1.82, 2.24) is 9.78 Å². The van der Waals surface area contributed by atoms with E-state index in [9.17, 15) is 9.18 Å². The third-order valence-electron chi connectivity index (χ3n) is 2.24. The highest BCUT2D eigenvalue weighted by Gasteiger charge is 2.15. The number of rotatable bonds is 3. The van der Waals surface area contributed by atoms with Gasteiger partial charge in [-0.25, -0.2) is 9.18 Å². The monoisotopic (exact) mass is 251 g/mol. The zero-order valence-electron chi connectivity index (χ0n) is 9.42. The molecule has 3 N–H and O–H groups in total. The van der Waals surface area contributed by atoms with Crippen molar-refractivity contribution in [3.63, 3.8) is 0 Å². The number of aromatic nitrogens is 2. The van der Waals surface area contributed by atoms with Gasteiger partial charge in [0.25, 0.3) is 0 Å². The van der Waals surface area contributed by atoms with Gasteiger partial charge in [-0.1, -0.05) is 0 Å². The zero-order valence-corrected chi connectivity index (χ0v) is 9.42. The summed E-state index contributed by atoms with van der Waals surface area (Å²) in [5.74, 6) is -1.86. The van der Waals surface area contributed by atoms with Crippen LogP contribution in [0.3, 0.4) is 0 Å². The van der Waals surface area contributed by atoms with Crippen molar-refractivity contribution in [1.29, 1.82) is 0 Å². The highest BCUT2D eigenvalue weighted by Crippen LogP contribution is 2.29. The maximum Gasteiger partial charge on any atom is 0.338 e. The van der Waals surface area contributed by atoms with E-state index < -0.39 is 17.3 Å². The summed E-state index contributed by atoms with van der Waals surface area (Å²) in [6, 6.07) is 1.95. The molecule has 0 fully saturated rings. The van der Waals surface area contributed by atoms with Gasteiger partial charge in [0.1, 0.15) is 5.82 Å². The quantitative estimate of drug-likeness (QED) is 0.809. The molecule has 0 aliphatic heterocycles. The Morgan fingerprint density at radius 1 is 1.56 bits per heavy atom. The number of nitrogens with two attached hydrogens (primary N) is 1. The Hall–Kier alpha value is -2.57. The lowest BCUT2D eigenvalue weighted by atomic mass is 10.2. The summed E-state index contributed by atoms with van der Waals surface area (Å²) in [5.41, 5.74) is 5.15. The number of hydrogen-bond donors (Lipinski definition) is 2. The fourth-order valence-corrected chi connectivity index (χ4v) is 1.40. The van der Waals surface area contributed by atoms with Crippen molar-refractivity contribution in [2.45, 2.75) is 0 Å². The SMILES string of the molecule is Cn1cc(Oc2cc(F)c(C(=O)O)cc2N)cn1. The second-order valence-corrected chi connectivity index (χ2v) is 3.63. The summed E-state index contributed by atoms with van der Waals surface area (Å²) in [5, 5.41) is 12.6. The van der Waals surface area contributed by atoms with Crippen molar-refractivity contribution in [2.24, 2.45) is 7.05 Å². The molecule has 0 spiro atoms. The van der Waals surface area contributed by atoms with Crippen LogP contribution in [0.5, 0.6) is 11.5 Å². The van der Waals surface area contributed by atoms with E-state index in [1.54, 1.807) is 13.2 Å². The van der Waals surface area contributed by atoms with E-state index >= 15 is 0 Å². The van der Waals surface area contributed by atoms with Crippen LogP contribution in [0.15, 0.2) is 24.5 Å². The van der Waals surface area contributed by atoms with E-state index in [-0.39, 0.29) is 11.4 Å². The van der Waals surface area contributed by atoms with E-state index in [1.807, 2.05) is 0 Å². The lowest BCUT2D eigenvalue weighted by molar-refractivity contribution is 0.0692. The number of anilines is 1. The predicted octanol–water partition coefficient (Wildman–Crippen LogP) is 1.63. The van der Waals surface area contributed by atoms with Gasteiger partial charge < -0.3 is 15.6 Å². The smallest absolute Gasteiger partial charge is 0.338 e. The Bertz CT molecular complexity index is 610. The summed E-state index contributed by atoms with van der Waals surface area (Å²) < 4.78 is 20.3. The maximum absolute atomic E-state index is 13.5. The van der Waals surface area contributed by atoms with E-state index in [4.69, 9.17) is 15.6 Å². The van der Waals surface area contributed by atoms with Gasteiger partial charge >= 0.3 is 5.97 Å². The summed E-state index contributed by atoms with van der Waals surface area (Å²) in [6.45, 7) is 0. The van der Waals surface area contributed by atoms with Crippen molar-refractivity contribution in [3.05, 3.63) is 35.9 Å². The number of ether oxygens (including phenoxy) is 1. The first-order valence-corrected chi connectivity index (χ1v) is 4.96. The normalized spacial score (nSPS) is 10.3. The van der Waals surface area contributed by atoms with Gasteiger partial charge in [0.05, 0.1) is 23.6 Å². The van der Waals surface area contributed by atoms with Crippen LogP contribution in [-0.2, 0) is 7.05 Å². The van der Waals surface area contributed by atoms with Gasteiger partial charge in [-0.15, -0.1) is 0 Å². The minimum atomic E-state index is -1.38. The molecule has 0 amide bonds. The summed E-state index contributed by atoms with van der Waals surface area (Å²) in [6.07, 6.45) is 3.00. The van der Waals surface area contributed by atoms with Crippen LogP contribution in [0.25, 0.3) is 0 Å². The molecular weight excluding hydrogens is 241 g/mol. The second kappa shape index (κ2) is 4.36. The molecule has 0 radical (unpaired) electrons. The van der Waals surface area contributed by atoms with Gasteiger partial charge in [0.2, 0.25) is 0 Å². The van der Waals surface area contributed by atoms with Crippen LogP contribution in [0, 0.1) is 5.82 Å². The largest absolute Gasteiger partial charge is 0.478 e. The van der Waals surface area contributed by atoms with Crippen LogP contribution in [0.1, 0.15) is 10.4 Å². The van der Waals surface area contributed by atoms with Gasteiger partial charge in [-0.3, -0.25) is 4.68 Å². The number of aromatic carboxylic acids is 1. The summed E-state index contributed by atoms with van der Waals surface area (Å²) in [4.78, 5) is 10.7. The first-order valence-electron chi connectivity index (χ1n) is 4.96. The molecule has 0 aliphatic carbocycles. The van der Waals surface area contributed by atoms with Crippen molar-refractivity contribution in [3.8, 4) is 11.5 Å². The molecule has 0 aliphatic rings. The van der Waals surface area contributed by atoms with Crippen LogP contribution < -0.4 is 10.5 Å². The summed E-state index contributed by atoms with van der Waals surface area (Å²) >= 11 is 0. The molecule has 0 atom stereocenters. The molecular formula is C11H10FN3O3. The Morgan fingerprint density at radius 3 is 2.83 bits per heavy atom. The fourth-order valence-electron chi connectivity index (χ4n) is 1.40. The molecule has 7 heteroatoms. The average molecular weight is 251 g/mol. The minimum Gasteiger partial charge on any atom is -0.478 e. The van der Waals surface area contributed by atoms with Gasteiger partial charge in [-0.05, 0) is 6.07 Å². The van der Waals surface area contributed by atoms with Crippen molar-refractivity contribution >= 4 is 11.7 Å². The molecule has 2 aromatic rings. The molecule has 1 aromatic carbocycles. The highest BCUT2D eigenvalue weighted by atomic mass is 19.1. The van der Waals surface area contributed by atoms with E-state index in [2.05, 4.69) is 5.10 Å². The number of nitrogen functional groups attached to an aromatic ring is 1. The van der Waals surface area contributed by atoms with E-state index in [0.29, 0.717) is 5.75 Å². The van der Waals surface area contributed by atoms with Crippen molar-refractivity contribution in [2.75, 3.05) is 5.73 Å². The third-order valence-corrected chi connectivity index (χ3v) is 2.24. The molecule has 0 saturated heterocycles. The molecule has 6 nitrogen and oxygen atoms in total. The first-order chi connectivity index (χ1) is 8.47. The Morgan fingerprint density at radius 2 is 2.28 bits per heavy atom. The number of nitrogens with zero attached hydrogens (tertiary/aromatic N) is 2. The number of carbonyl (C=O) groups is 1. The minimum absolute atomic E-state index is 0.0395. The second-order valence-electron chi connectivity index (χ2n) is 3.63.